The third-order valence-electron chi connectivity index (χ3n) is 7.53. The molecular formula is C36H35ClF4N4O3S. The molecular weight excluding hydrogens is 680 g/mol. The van der Waals surface area contributed by atoms with E-state index in [9.17, 15) is 13.2 Å². The van der Waals surface area contributed by atoms with Crippen molar-refractivity contribution in [3.05, 3.63) is 93.8 Å². The van der Waals surface area contributed by atoms with Crippen LogP contribution in [0.2, 0.25) is 5.02 Å². The van der Waals surface area contributed by atoms with Crippen LogP contribution in [0.25, 0.3) is 22.2 Å². The molecule has 0 spiro atoms. The summed E-state index contributed by atoms with van der Waals surface area (Å²) in [7, 11) is 3.12. The van der Waals surface area contributed by atoms with E-state index < -0.39 is 34.4 Å². The Morgan fingerprint density at radius 1 is 0.837 bits per heavy atom. The second-order valence-electron chi connectivity index (χ2n) is 12.2. The maximum absolute atomic E-state index is 16.7. The lowest BCUT2D eigenvalue weighted by Gasteiger charge is -2.27. The van der Waals surface area contributed by atoms with Crippen molar-refractivity contribution in [2.24, 2.45) is 0 Å². The van der Waals surface area contributed by atoms with Crippen LogP contribution in [0.1, 0.15) is 43.0 Å². The molecule has 2 aromatic heterocycles. The molecule has 0 saturated heterocycles. The first-order chi connectivity index (χ1) is 23.1. The lowest BCUT2D eigenvalue weighted by atomic mass is 9.98. The zero-order valence-electron chi connectivity index (χ0n) is 28.0. The molecule has 0 atom stereocenters. The molecule has 7 nitrogen and oxygen atoms in total. The summed E-state index contributed by atoms with van der Waals surface area (Å²) in [5, 5.41) is 0.00901. The van der Waals surface area contributed by atoms with Gasteiger partial charge in [0.25, 0.3) is 0 Å². The van der Waals surface area contributed by atoms with E-state index in [1.54, 1.807) is 65.5 Å². The number of aryl methyl sites for hydroxylation is 1. The van der Waals surface area contributed by atoms with Crippen LogP contribution in [0.4, 0.5) is 23.4 Å². The van der Waals surface area contributed by atoms with Crippen molar-refractivity contribution in [1.82, 2.24) is 15.0 Å². The number of pyridine rings is 1. The van der Waals surface area contributed by atoms with Crippen LogP contribution >= 0.6 is 23.4 Å². The lowest BCUT2D eigenvalue weighted by Crippen LogP contribution is -2.25. The van der Waals surface area contributed by atoms with Crippen LogP contribution in [0.3, 0.4) is 0 Å². The number of halogens is 5. The number of ether oxygens (including phenoxy) is 3. The Morgan fingerprint density at radius 3 is 1.86 bits per heavy atom. The Hall–Kier alpha value is -4.29. The highest BCUT2D eigenvalue weighted by Gasteiger charge is 2.39. The monoisotopic (exact) mass is 714 g/mol. The van der Waals surface area contributed by atoms with Crippen molar-refractivity contribution in [3.63, 3.8) is 0 Å². The second-order valence-corrected chi connectivity index (χ2v) is 13.4. The molecule has 0 saturated carbocycles. The predicted molar refractivity (Wildman–Crippen MR) is 186 cm³/mol. The fourth-order valence-corrected chi connectivity index (χ4v) is 5.94. The highest BCUT2D eigenvalue weighted by atomic mass is 35.5. The minimum absolute atomic E-state index is 0.0632. The molecule has 0 fully saturated rings. The number of benzene rings is 3. The largest absolute Gasteiger partial charge is 0.497 e. The second kappa shape index (κ2) is 14.3. The van der Waals surface area contributed by atoms with Gasteiger partial charge in [0.1, 0.15) is 28.4 Å². The number of anilines is 1. The van der Waals surface area contributed by atoms with Gasteiger partial charge in [-0.15, -0.1) is 0 Å². The maximum Gasteiger partial charge on any atom is 0.418 e. The van der Waals surface area contributed by atoms with Gasteiger partial charge in [0.05, 0.1) is 41.4 Å². The van der Waals surface area contributed by atoms with Crippen molar-refractivity contribution in [2.45, 2.75) is 57.7 Å². The number of hydrogen-bond acceptors (Lipinski definition) is 8. The first-order valence-electron chi connectivity index (χ1n) is 15.1. The summed E-state index contributed by atoms with van der Waals surface area (Å²) in [6.07, 6.45) is -3.18. The molecule has 49 heavy (non-hydrogen) atoms. The first-order valence-corrected chi connectivity index (χ1v) is 16.7. The van der Waals surface area contributed by atoms with Crippen LogP contribution in [-0.4, -0.2) is 41.0 Å². The molecule has 0 amide bonds. The van der Waals surface area contributed by atoms with Crippen molar-refractivity contribution in [1.29, 1.82) is 0 Å². The van der Waals surface area contributed by atoms with E-state index in [0.29, 0.717) is 11.5 Å². The molecule has 0 aliphatic rings. The van der Waals surface area contributed by atoms with Gasteiger partial charge in [-0.1, -0.05) is 47.6 Å². The molecule has 5 rings (SSSR count). The van der Waals surface area contributed by atoms with E-state index in [4.69, 9.17) is 25.8 Å². The van der Waals surface area contributed by atoms with Gasteiger partial charge in [-0.2, -0.15) is 18.2 Å². The predicted octanol–water partition coefficient (Wildman–Crippen LogP) is 9.93. The summed E-state index contributed by atoms with van der Waals surface area (Å²) in [6, 6.07) is 17.3. The molecule has 258 valence electrons. The molecule has 0 aliphatic carbocycles. The van der Waals surface area contributed by atoms with E-state index in [2.05, 4.69) is 15.0 Å². The Bertz CT molecular complexity index is 1920. The number of hydrogen-bond donors (Lipinski definition) is 0. The van der Waals surface area contributed by atoms with E-state index in [1.807, 2.05) is 29.2 Å². The van der Waals surface area contributed by atoms with E-state index in [-0.39, 0.29) is 51.4 Å². The van der Waals surface area contributed by atoms with Gasteiger partial charge in [0, 0.05) is 13.1 Å². The number of thioether (sulfide) groups is 1. The summed E-state index contributed by atoms with van der Waals surface area (Å²) >= 11 is 7.82. The molecule has 0 bridgehead atoms. The normalized spacial score (nSPS) is 11.9. The summed E-state index contributed by atoms with van der Waals surface area (Å²) in [5.41, 5.74) is -1.68. The number of alkyl halides is 3. The van der Waals surface area contributed by atoms with Gasteiger partial charge in [0.15, 0.2) is 11.0 Å². The Balaban J connectivity index is 1.74. The quantitative estimate of drug-likeness (QED) is 0.0805. The number of nitrogens with zero attached hydrogens (tertiary/aromatic N) is 4. The number of fused-ring (bicyclic) bond motifs is 1. The van der Waals surface area contributed by atoms with Crippen molar-refractivity contribution >= 4 is 40.1 Å². The molecule has 0 N–H and O–H groups in total. The minimum Gasteiger partial charge on any atom is -0.497 e. The molecule has 3 aromatic carbocycles. The molecule has 2 heterocycles. The molecule has 5 aromatic rings. The molecule has 0 aliphatic heterocycles. The number of aromatic nitrogens is 3. The van der Waals surface area contributed by atoms with Gasteiger partial charge < -0.3 is 19.1 Å². The first kappa shape index (κ1) is 36.0. The summed E-state index contributed by atoms with van der Waals surface area (Å²) in [4.78, 5) is 15.1. The zero-order valence-corrected chi connectivity index (χ0v) is 29.6. The van der Waals surface area contributed by atoms with E-state index in [0.717, 1.165) is 22.9 Å². The molecule has 0 radical (unpaired) electrons. The highest BCUT2D eigenvalue weighted by molar-refractivity contribution is 7.98. The Morgan fingerprint density at radius 2 is 1.39 bits per heavy atom. The van der Waals surface area contributed by atoms with Crippen LogP contribution < -0.4 is 19.1 Å². The maximum atomic E-state index is 16.7. The van der Waals surface area contributed by atoms with Gasteiger partial charge in [-0.3, -0.25) is 0 Å². The molecule has 0 unspecified atom stereocenters. The van der Waals surface area contributed by atoms with Crippen molar-refractivity contribution in [3.8, 4) is 28.6 Å². The van der Waals surface area contributed by atoms with Crippen molar-refractivity contribution in [2.75, 3.05) is 25.4 Å². The lowest BCUT2D eigenvalue weighted by molar-refractivity contribution is -0.137. The van der Waals surface area contributed by atoms with Gasteiger partial charge in [-0.25, -0.2) is 14.4 Å². The minimum atomic E-state index is -4.89. The van der Waals surface area contributed by atoms with E-state index in [1.165, 1.54) is 19.1 Å². The topological polar surface area (TPSA) is 69.6 Å². The molecule has 13 heteroatoms. The van der Waals surface area contributed by atoms with Crippen LogP contribution in [0, 0.1) is 12.7 Å². The van der Waals surface area contributed by atoms with Gasteiger partial charge >= 0.3 is 6.18 Å². The number of methoxy groups -OCH3 is 2. The van der Waals surface area contributed by atoms with Gasteiger partial charge in [-0.05, 0) is 87.0 Å². The fraction of sp³-hybridized carbons (Fsp3) is 0.306. The third-order valence-corrected chi connectivity index (χ3v) is 8.37. The summed E-state index contributed by atoms with van der Waals surface area (Å²) in [5.74, 6) is 0.495. The van der Waals surface area contributed by atoms with Crippen LogP contribution in [-0.2, 0) is 19.3 Å². The average molecular weight is 715 g/mol. The SMILES string of the molecule is COc1ccc(CN(Cc2ccc(OC)cc2)c2cc(C)c(C(F)(F)F)c(-c3c(Cl)cc4c(OC(C)(C)C)nc(SC)nc4c3F)n2)cc1. The Labute approximate surface area is 291 Å². The fourth-order valence-electron chi connectivity index (χ4n) is 5.30. The zero-order chi connectivity index (χ0) is 35.7. The summed E-state index contributed by atoms with van der Waals surface area (Å²) in [6.45, 7) is 7.24. The standard InChI is InChI=1S/C36H35ClF4N4O3S/c1-20-16-27(45(18-21-8-12-23(46-5)13-9-21)19-22-10-14-24(47-6)15-11-22)42-32(29(20)36(39,40)41)28-26(37)17-25-31(30(28)38)43-34(49-7)44-33(25)48-35(2,3)4/h8-17H,18-19H2,1-7H3. The number of rotatable bonds is 10. The smallest absolute Gasteiger partial charge is 0.418 e. The highest BCUT2D eigenvalue weighted by Crippen LogP contribution is 2.45. The van der Waals surface area contributed by atoms with Crippen molar-refractivity contribution < 1.29 is 31.8 Å². The van der Waals surface area contributed by atoms with Crippen LogP contribution in [0.5, 0.6) is 17.4 Å². The van der Waals surface area contributed by atoms with Crippen LogP contribution in [0.15, 0.2) is 65.8 Å². The third kappa shape index (κ3) is 8.13. The Kier molecular flexibility index (Phi) is 10.5. The average Bonchev–Trinajstić information content (AvgIpc) is 3.04. The van der Waals surface area contributed by atoms with E-state index >= 15 is 4.39 Å². The van der Waals surface area contributed by atoms with Gasteiger partial charge in [0.2, 0.25) is 5.88 Å². The summed E-state index contributed by atoms with van der Waals surface area (Å²) < 4.78 is 77.8.